The van der Waals surface area contributed by atoms with E-state index in [0.29, 0.717) is 0 Å². The summed E-state index contributed by atoms with van der Waals surface area (Å²) >= 11 is 0. The maximum absolute atomic E-state index is 5.22. The van der Waals surface area contributed by atoms with Gasteiger partial charge in [-0.3, -0.25) is 0 Å². The van der Waals surface area contributed by atoms with Gasteiger partial charge in [-0.1, -0.05) is 49.9 Å². The van der Waals surface area contributed by atoms with Gasteiger partial charge in [-0.05, 0) is 25.3 Å². The van der Waals surface area contributed by atoms with Gasteiger partial charge in [0.1, 0.15) is 11.5 Å². The Hall–Kier alpha value is -1.14. The summed E-state index contributed by atoms with van der Waals surface area (Å²) in [4.78, 5) is 0. The predicted octanol–water partition coefficient (Wildman–Crippen LogP) is 4.27. The van der Waals surface area contributed by atoms with Gasteiger partial charge in [0.05, 0.1) is 0 Å². The zero-order valence-corrected chi connectivity index (χ0v) is 12.8. The van der Waals surface area contributed by atoms with Crippen LogP contribution in [0.5, 0.6) is 0 Å². The normalized spacial score (nSPS) is 11.2. The molecule has 0 radical (unpaired) electrons. The van der Waals surface area contributed by atoms with Crippen molar-refractivity contribution in [3.63, 3.8) is 0 Å². The minimum Gasteiger partial charge on any atom is -0.361 e. The van der Waals surface area contributed by atoms with Crippen molar-refractivity contribution in [1.29, 1.82) is 0 Å². The number of nitrogens with zero attached hydrogens (tertiary/aromatic N) is 1. The fraction of sp³-hybridized carbons (Fsp3) is 0.400. The van der Waals surface area contributed by atoms with E-state index < -0.39 is 0 Å². The molecule has 2 nitrogen and oxygen atoms in total. The minimum atomic E-state index is 0.967. The number of hydrogen-bond acceptors (Lipinski definition) is 2. The molecule has 1 aliphatic carbocycles. The van der Waals surface area contributed by atoms with E-state index in [0.717, 1.165) is 24.3 Å². The van der Waals surface area contributed by atoms with E-state index in [9.17, 15) is 0 Å². The second-order valence-corrected chi connectivity index (χ2v) is 3.72. The average molecular weight is 263 g/mol. The third-order valence-corrected chi connectivity index (χ3v) is 2.90. The molecule has 0 amide bonds. The maximum atomic E-state index is 5.22. The quantitative estimate of drug-likeness (QED) is 0.663. The van der Waals surface area contributed by atoms with Crippen molar-refractivity contribution in [3.8, 4) is 11.3 Å². The lowest BCUT2D eigenvalue weighted by Gasteiger charge is -2.13. The van der Waals surface area contributed by atoms with E-state index in [1.165, 1.54) is 16.7 Å². The van der Waals surface area contributed by atoms with Gasteiger partial charge in [-0.15, -0.1) is 9.24 Å². The summed E-state index contributed by atoms with van der Waals surface area (Å²) in [6.07, 6.45) is 2.16. The topological polar surface area (TPSA) is 26.0 Å². The van der Waals surface area contributed by atoms with Crippen molar-refractivity contribution in [2.75, 3.05) is 6.66 Å². The lowest BCUT2D eigenvalue weighted by atomic mass is 9.89. The summed E-state index contributed by atoms with van der Waals surface area (Å²) in [5, 5.41) is 4.12. The molecule has 0 fully saturated rings. The van der Waals surface area contributed by atoms with Gasteiger partial charge in [0, 0.05) is 11.1 Å². The molecular weight excluding hydrogens is 241 g/mol. The van der Waals surface area contributed by atoms with Crippen LogP contribution in [0.4, 0.5) is 0 Å². The standard InChI is InChI=1S/C12H11NO.C2H6.CH5P/c1-8-10-7-6-9-4-2-3-5-11(9)12(10)13-14-8;2*1-2/h2-5H,6-7H2,1H3;1-2H3;2H2,1H3. The Morgan fingerprint density at radius 1 is 1.11 bits per heavy atom. The van der Waals surface area contributed by atoms with Crippen LogP contribution in [0.2, 0.25) is 0 Å². The molecule has 1 heterocycles. The van der Waals surface area contributed by atoms with Crippen molar-refractivity contribution >= 4 is 9.24 Å². The number of aromatic nitrogens is 1. The van der Waals surface area contributed by atoms with Crippen LogP contribution < -0.4 is 0 Å². The summed E-state index contributed by atoms with van der Waals surface area (Å²) in [5.74, 6) is 0.967. The molecule has 3 heteroatoms. The Labute approximate surface area is 112 Å². The van der Waals surface area contributed by atoms with E-state index in [4.69, 9.17) is 4.52 Å². The van der Waals surface area contributed by atoms with E-state index >= 15 is 0 Å². The van der Waals surface area contributed by atoms with Gasteiger partial charge >= 0.3 is 0 Å². The first-order valence-electron chi connectivity index (χ1n) is 6.47. The molecule has 1 aliphatic rings. The molecule has 1 atom stereocenters. The summed E-state index contributed by atoms with van der Waals surface area (Å²) in [6.45, 7) is 7.90. The Morgan fingerprint density at radius 3 is 2.50 bits per heavy atom. The molecule has 0 N–H and O–H groups in total. The van der Waals surface area contributed by atoms with Crippen LogP contribution in [0.1, 0.15) is 30.7 Å². The highest BCUT2D eigenvalue weighted by molar-refractivity contribution is 7.15. The zero-order chi connectivity index (χ0) is 13.5. The molecule has 1 unspecified atom stereocenters. The Kier molecular flexibility index (Phi) is 6.07. The smallest absolute Gasteiger partial charge is 0.137 e. The number of benzene rings is 1. The van der Waals surface area contributed by atoms with Gasteiger partial charge in [0.25, 0.3) is 0 Å². The molecule has 3 rings (SSSR count). The second-order valence-electron chi connectivity index (χ2n) is 3.72. The average Bonchev–Trinajstić information content (AvgIpc) is 2.85. The number of rotatable bonds is 0. The van der Waals surface area contributed by atoms with Gasteiger partial charge in [-0.25, -0.2) is 0 Å². The van der Waals surface area contributed by atoms with Crippen LogP contribution in [-0.4, -0.2) is 11.8 Å². The van der Waals surface area contributed by atoms with Gasteiger partial charge in [0.2, 0.25) is 0 Å². The van der Waals surface area contributed by atoms with Crippen LogP contribution in [0.25, 0.3) is 11.3 Å². The highest BCUT2D eigenvalue weighted by atomic mass is 31.0. The highest BCUT2D eigenvalue weighted by Gasteiger charge is 2.21. The van der Waals surface area contributed by atoms with E-state index in [1.54, 1.807) is 0 Å². The first-order valence-corrected chi connectivity index (χ1v) is 7.63. The summed E-state index contributed by atoms with van der Waals surface area (Å²) in [7, 11) is 2.42. The monoisotopic (exact) mass is 263 g/mol. The molecule has 18 heavy (non-hydrogen) atoms. The van der Waals surface area contributed by atoms with Crippen molar-refractivity contribution in [3.05, 3.63) is 41.2 Å². The van der Waals surface area contributed by atoms with Crippen LogP contribution >= 0.6 is 9.24 Å². The van der Waals surface area contributed by atoms with Crippen molar-refractivity contribution in [1.82, 2.24) is 5.16 Å². The number of fused-ring (bicyclic) bond motifs is 3. The molecule has 2 aromatic rings. The van der Waals surface area contributed by atoms with Crippen LogP contribution in [-0.2, 0) is 12.8 Å². The van der Waals surface area contributed by atoms with Gasteiger partial charge in [-0.2, -0.15) is 0 Å². The highest BCUT2D eigenvalue weighted by Crippen LogP contribution is 2.33. The lowest BCUT2D eigenvalue weighted by molar-refractivity contribution is 0.398. The minimum absolute atomic E-state index is 0.967. The first-order chi connectivity index (χ1) is 8.86. The molecule has 0 spiro atoms. The fourth-order valence-electron chi connectivity index (χ4n) is 2.13. The molecule has 0 saturated heterocycles. The third-order valence-electron chi connectivity index (χ3n) is 2.90. The van der Waals surface area contributed by atoms with E-state index in [2.05, 4.69) is 38.7 Å². The maximum Gasteiger partial charge on any atom is 0.137 e. The number of aryl methyl sites for hydroxylation is 2. The van der Waals surface area contributed by atoms with Gasteiger partial charge < -0.3 is 4.52 Å². The number of hydrogen-bond donors (Lipinski definition) is 0. The summed E-state index contributed by atoms with van der Waals surface area (Å²) < 4.78 is 5.22. The van der Waals surface area contributed by atoms with E-state index in [-0.39, 0.29) is 0 Å². The summed E-state index contributed by atoms with van der Waals surface area (Å²) in [6, 6.07) is 8.42. The molecule has 0 aliphatic heterocycles. The van der Waals surface area contributed by atoms with Crippen molar-refractivity contribution in [2.24, 2.45) is 0 Å². The Balaban J connectivity index is 0.000000371. The lowest BCUT2D eigenvalue weighted by Crippen LogP contribution is -2.02. The molecule has 0 saturated carbocycles. The Bertz CT molecular complexity index is 491. The zero-order valence-electron chi connectivity index (χ0n) is 11.7. The van der Waals surface area contributed by atoms with Crippen molar-refractivity contribution in [2.45, 2.75) is 33.6 Å². The SMILES string of the molecule is CC.CP.Cc1onc2c1CCc1ccccc1-2. The largest absolute Gasteiger partial charge is 0.361 e. The van der Waals surface area contributed by atoms with E-state index in [1.807, 2.05) is 27.4 Å². The van der Waals surface area contributed by atoms with Crippen LogP contribution in [0, 0.1) is 6.92 Å². The molecular formula is C15H22NOP. The summed E-state index contributed by atoms with van der Waals surface area (Å²) in [5.41, 5.74) is 4.95. The molecule has 1 aromatic carbocycles. The Morgan fingerprint density at radius 2 is 1.78 bits per heavy atom. The van der Waals surface area contributed by atoms with Crippen LogP contribution in [0.3, 0.4) is 0 Å². The molecule has 98 valence electrons. The first kappa shape index (κ1) is 14.9. The van der Waals surface area contributed by atoms with Crippen LogP contribution in [0.15, 0.2) is 28.8 Å². The third kappa shape index (κ3) is 2.81. The predicted molar refractivity (Wildman–Crippen MR) is 81.1 cm³/mol. The molecule has 0 bridgehead atoms. The van der Waals surface area contributed by atoms with Crippen molar-refractivity contribution < 1.29 is 4.52 Å². The second kappa shape index (κ2) is 7.33. The van der Waals surface area contributed by atoms with Gasteiger partial charge in [0.15, 0.2) is 0 Å². The molecule has 1 aromatic heterocycles. The fourth-order valence-corrected chi connectivity index (χ4v) is 2.13.